The van der Waals surface area contributed by atoms with E-state index in [1.807, 2.05) is 18.7 Å². The zero-order chi connectivity index (χ0) is 11.7. The molecule has 1 aliphatic heterocycles. The lowest BCUT2D eigenvalue weighted by Crippen LogP contribution is -2.35. The Hall–Kier alpha value is -0.0600. The third-order valence-electron chi connectivity index (χ3n) is 3.08. The number of likely N-dealkylation sites (tertiary alicyclic amines) is 1. The van der Waals surface area contributed by atoms with Crippen LogP contribution in [0.25, 0.3) is 0 Å². The molecule has 90 valence electrons. The van der Waals surface area contributed by atoms with Crippen molar-refractivity contribution in [2.24, 2.45) is 7.05 Å². The first-order valence-corrected chi connectivity index (χ1v) is 6.85. The molecule has 0 N–H and O–H groups in total. The first-order chi connectivity index (χ1) is 7.58. The number of piperidine rings is 1. The molecule has 5 heteroatoms. The lowest BCUT2D eigenvalue weighted by Gasteiger charge is -2.29. The van der Waals surface area contributed by atoms with Crippen molar-refractivity contribution < 1.29 is 0 Å². The first-order valence-electron chi connectivity index (χ1n) is 5.62. The summed E-state index contributed by atoms with van der Waals surface area (Å²) in [5, 5.41) is 4.71. The van der Waals surface area contributed by atoms with Gasteiger partial charge in [-0.3, -0.25) is 9.58 Å². The van der Waals surface area contributed by atoms with Gasteiger partial charge in [-0.2, -0.15) is 5.10 Å². The summed E-state index contributed by atoms with van der Waals surface area (Å²) in [4.78, 5) is 2.41. The molecule has 16 heavy (non-hydrogen) atoms. The molecule has 0 bridgehead atoms. The Bertz CT molecular complexity index is 378. The Balaban J connectivity index is 2.08. The van der Waals surface area contributed by atoms with Gasteiger partial charge in [-0.05, 0) is 42.2 Å². The highest BCUT2D eigenvalue weighted by molar-refractivity contribution is 9.10. The largest absolute Gasteiger partial charge is 0.296 e. The van der Waals surface area contributed by atoms with Gasteiger partial charge in [0.25, 0.3) is 0 Å². The van der Waals surface area contributed by atoms with E-state index >= 15 is 0 Å². The highest BCUT2D eigenvalue weighted by atomic mass is 79.9. The predicted octanol–water partition coefficient (Wildman–Crippen LogP) is 2.69. The summed E-state index contributed by atoms with van der Waals surface area (Å²) in [6, 6.07) is 0. The van der Waals surface area contributed by atoms with E-state index in [2.05, 4.69) is 25.9 Å². The normalized spacial score (nSPS) is 22.6. The molecule has 1 aromatic heterocycles. The molecule has 0 spiro atoms. The van der Waals surface area contributed by atoms with Crippen LogP contribution in [-0.4, -0.2) is 33.1 Å². The standard InChI is InChI=1S/C11H17BrClN3/c1-8-11(12)10(15(2)14-8)7-16-5-3-4-9(13)6-16/h9H,3-7H2,1-2H3. The highest BCUT2D eigenvalue weighted by Gasteiger charge is 2.20. The predicted molar refractivity (Wildman–Crippen MR) is 69.8 cm³/mol. The lowest BCUT2D eigenvalue weighted by atomic mass is 10.1. The van der Waals surface area contributed by atoms with E-state index in [-0.39, 0.29) is 0 Å². The van der Waals surface area contributed by atoms with Gasteiger partial charge in [-0.1, -0.05) is 0 Å². The van der Waals surface area contributed by atoms with Crippen LogP contribution in [0.3, 0.4) is 0 Å². The minimum Gasteiger partial charge on any atom is -0.296 e. The summed E-state index contributed by atoms with van der Waals surface area (Å²) in [6.45, 7) is 5.08. The van der Waals surface area contributed by atoms with E-state index in [0.717, 1.165) is 36.2 Å². The SMILES string of the molecule is Cc1nn(C)c(CN2CCCC(Cl)C2)c1Br. The third-order valence-corrected chi connectivity index (χ3v) is 4.47. The molecule has 1 atom stereocenters. The molecule has 1 fully saturated rings. The molecular weight excluding hydrogens is 289 g/mol. The van der Waals surface area contributed by atoms with Crippen molar-refractivity contribution in [3.63, 3.8) is 0 Å². The van der Waals surface area contributed by atoms with Crippen LogP contribution in [0.1, 0.15) is 24.2 Å². The number of rotatable bonds is 2. The summed E-state index contributed by atoms with van der Waals surface area (Å²) >= 11 is 9.79. The van der Waals surface area contributed by atoms with Gasteiger partial charge < -0.3 is 0 Å². The molecular formula is C11H17BrClN3. The minimum atomic E-state index is 0.307. The molecule has 0 aromatic carbocycles. The number of aryl methyl sites for hydroxylation is 2. The molecule has 1 unspecified atom stereocenters. The van der Waals surface area contributed by atoms with Crippen molar-refractivity contribution >= 4 is 27.5 Å². The van der Waals surface area contributed by atoms with E-state index in [1.54, 1.807) is 0 Å². The lowest BCUT2D eigenvalue weighted by molar-refractivity contribution is 0.218. The first kappa shape index (κ1) is 12.4. The fraction of sp³-hybridized carbons (Fsp3) is 0.727. The van der Waals surface area contributed by atoms with Crippen LogP contribution in [-0.2, 0) is 13.6 Å². The third kappa shape index (κ3) is 2.60. The van der Waals surface area contributed by atoms with E-state index in [1.165, 1.54) is 12.1 Å². The molecule has 1 aromatic rings. The van der Waals surface area contributed by atoms with Crippen LogP contribution in [0.2, 0.25) is 0 Å². The van der Waals surface area contributed by atoms with Crippen molar-refractivity contribution in [2.45, 2.75) is 31.7 Å². The maximum absolute atomic E-state index is 6.19. The zero-order valence-corrected chi connectivity index (χ0v) is 12.1. The van der Waals surface area contributed by atoms with Crippen LogP contribution in [0.5, 0.6) is 0 Å². The number of nitrogens with zero attached hydrogens (tertiary/aromatic N) is 3. The van der Waals surface area contributed by atoms with Gasteiger partial charge in [0, 0.05) is 25.5 Å². The molecule has 2 rings (SSSR count). The minimum absolute atomic E-state index is 0.307. The Morgan fingerprint density at radius 3 is 2.88 bits per heavy atom. The molecule has 2 heterocycles. The van der Waals surface area contributed by atoms with Crippen LogP contribution in [0.15, 0.2) is 4.47 Å². The summed E-state index contributed by atoms with van der Waals surface area (Å²) < 4.78 is 3.09. The second-order valence-corrected chi connectivity index (χ2v) is 5.85. The van der Waals surface area contributed by atoms with Gasteiger partial charge >= 0.3 is 0 Å². The van der Waals surface area contributed by atoms with Gasteiger partial charge in [0.05, 0.1) is 15.9 Å². The average Bonchev–Trinajstić information content (AvgIpc) is 2.45. The number of alkyl halides is 1. The van der Waals surface area contributed by atoms with Crippen molar-refractivity contribution in [2.75, 3.05) is 13.1 Å². The number of halogens is 2. The van der Waals surface area contributed by atoms with E-state index in [0.29, 0.717) is 5.38 Å². The number of aromatic nitrogens is 2. The van der Waals surface area contributed by atoms with E-state index in [4.69, 9.17) is 11.6 Å². The highest BCUT2D eigenvalue weighted by Crippen LogP contribution is 2.24. The Labute approximate surface area is 110 Å². The molecule has 0 saturated carbocycles. The Morgan fingerprint density at radius 2 is 2.31 bits per heavy atom. The van der Waals surface area contributed by atoms with Gasteiger partial charge in [-0.15, -0.1) is 11.6 Å². The van der Waals surface area contributed by atoms with Gasteiger partial charge in [0.15, 0.2) is 0 Å². The monoisotopic (exact) mass is 305 g/mol. The van der Waals surface area contributed by atoms with Crippen LogP contribution >= 0.6 is 27.5 Å². The Kier molecular flexibility index (Phi) is 3.93. The maximum Gasteiger partial charge on any atom is 0.0739 e. The summed E-state index contributed by atoms with van der Waals surface area (Å²) in [5.41, 5.74) is 2.29. The Morgan fingerprint density at radius 1 is 1.56 bits per heavy atom. The smallest absolute Gasteiger partial charge is 0.0739 e. The topological polar surface area (TPSA) is 21.1 Å². The van der Waals surface area contributed by atoms with Crippen LogP contribution in [0, 0.1) is 6.92 Å². The number of hydrogen-bond acceptors (Lipinski definition) is 2. The molecule has 3 nitrogen and oxygen atoms in total. The molecule has 1 aliphatic rings. The van der Waals surface area contributed by atoms with E-state index < -0.39 is 0 Å². The molecule has 0 radical (unpaired) electrons. The summed E-state index contributed by atoms with van der Waals surface area (Å²) in [5.74, 6) is 0. The summed E-state index contributed by atoms with van der Waals surface area (Å²) in [6.07, 6.45) is 2.34. The second-order valence-electron chi connectivity index (χ2n) is 4.44. The average molecular weight is 307 g/mol. The quantitative estimate of drug-likeness (QED) is 0.783. The number of hydrogen-bond donors (Lipinski definition) is 0. The van der Waals surface area contributed by atoms with Crippen molar-refractivity contribution in [3.05, 3.63) is 15.9 Å². The zero-order valence-electron chi connectivity index (χ0n) is 9.71. The van der Waals surface area contributed by atoms with Crippen molar-refractivity contribution in [3.8, 4) is 0 Å². The molecule has 1 saturated heterocycles. The van der Waals surface area contributed by atoms with Gasteiger partial charge in [-0.25, -0.2) is 0 Å². The maximum atomic E-state index is 6.19. The molecule has 0 amide bonds. The van der Waals surface area contributed by atoms with E-state index in [9.17, 15) is 0 Å². The second kappa shape index (κ2) is 5.07. The van der Waals surface area contributed by atoms with Crippen LogP contribution < -0.4 is 0 Å². The summed E-state index contributed by atoms with van der Waals surface area (Å²) in [7, 11) is 2.00. The fourth-order valence-electron chi connectivity index (χ4n) is 2.21. The fourth-order valence-corrected chi connectivity index (χ4v) is 3.02. The van der Waals surface area contributed by atoms with Gasteiger partial charge in [0.2, 0.25) is 0 Å². The van der Waals surface area contributed by atoms with Crippen molar-refractivity contribution in [1.82, 2.24) is 14.7 Å². The van der Waals surface area contributed by atoms with Crippen molar-refractivity contribution in [1.29, 1.82) is 0 Å². The van der Waals surface area contributed by atoms with Crippen LogP contribution in [0.4, 0.5) is 0 Å². The molecule has 0 aliphatic carbocycles. The van der Waals surface area contributed by atoms with Gasteiger partial charge in [0.1, 0.15) is 0 Å².